The molecule has 2 aromatic rings. The number of aromatic nitrogens is 2. The van der Waals surface area contributed by atoms with Crippen LogP contribution in [0.5, 0.6) is 0 Å². The monoisotopic (exact) mass is 340 g/mol. The molecule has 1 aromatic carbocycles. The number of hydrogen-bond donors (Lipinski definition) is 4. The van der Waals surface area contributed by atoms with Gasteiger partial charge in [-0.1, -0.05) is 23.2 Å². The fourth-order valence-electron chi connectivity index (χ4n) is 1.60. The van der Waals surface area contributed by atoms with E-state index in [1.165, 1.54) is 6.33 Å². The van der Waals surface area contributed by atoms with Crippen LogP contribution in [0.3, 0.4) is 0 Å². The van der Waals surface area contributed by atoms with Crippen molar-refractivity contribution >= 4 is 46.2 Å². The number of nitrogen functional groups attached to an aromatic ring is 1. The maximum Gasteiger partial charge on any atom is 0.169 e. The number of nitrogens with one attached hydrogen (secondary N) is 3. The Hall–Kier alpha value is -1.76. The largest absolute Gasteiger partial charge is 0.393 e. The first-order valence-electron chi connectivity index (χ1n) is 6.61. The average Bonchev–Trinajstić information content (AvgIpc) is 2.37. The summed E-state index contributed by atoms with van der Waals surface area (Å²) in [4.78, 5) is 8.25. The zero-order valence-corrected chi connectivity index (χ0v) is 14.0. The van der Waals surface area contributed by atoms with E-state index < -0.39 is 0 Å². The lowest BCUT2D eigenvalue weighted by atomic mass is 10.1. The third kappa shape index (κ3) is 4.62. The maximum absolute atomic E-state index is 6.08. The first-order chi connectivity index (χ1) is 10.2. The number of rotatable bonds is 4. The molecule has 0 fully saturated rings. The zero-order chi connectivity index (χ0) is 16.3. The molecule has 0 unspecified atom stereocenters. The minimum absolute atomic E-state index is 0.133. The Labute approximate surface area is 139 Å². The van der Waals surface area contributed by atoms with E-state index in [0.29, 0.717) is 33.1 Å². The van der Waals surface area contributed by atoms with Gasteiger partial charge in [0.25, 0.3) is 0 Å². The predicted octanol–water partition coefficient (Wildman–Crippen LogP) is 3.82. The fourth-order valence-corrected chi connectivity index (χ4v) is 2.13. The predicted molar refractivity (Wildman–Crippen MR) is 92.7 cm³/mol. The first-order valence-corrected chi connectivity index (χ1v) is 7.37. The van der Waals surface area contributed by atoms with Gasteiger partial charge in [-0.15, -0.1) is 0 Å². The molecule has 118 valence electrons. The second kappa shape index (κ2) is 6.56. The van der Waals surface area contributed by atoms with Gasteiger partial charge < -0.3 is 16.5 Å². The molecule has 0 saturated carbocycles. The quantitative estimate of drug-likeness (QED) is 0.632. The number of hydrogen-bond acceptors (Lipinski definition) is 6. The topological polar surface area (TPSA) is 87.9 Å². The molecule has 2 rings (SSSR count). The first kappa shape index (κ1) is 16.6. The SMILES string of the molecule is CC(C)(C)NNc1ncnc(Nc2cc(Cl)cc(Cl)c2)c1N. The second-order valence-corrected chi connectivity index (χ2v) is 6.64. The van der Waals surface area contributed by atoms with Crippen LogP contribution in [0.25, 0.3) is 0 Å². The normalized spacial score (nSPS) is 11.3. The van der Waals surface area contributed by atoms with Gasteiger partial charge in [0, 0.05) is 21.3 Å². The van der Waals surface area contributed by atoms with E-state index in [2.05, 4.69) is 26.1 Å². The van der Waals surface area contributed by atoms with Crippen LogP contribution in [-0.2, 0) is 0 Å². The molecule has 0 atom stereocenters. The molecule has 0 radical (unpaired) electrons. The van der Waals surface area contributed by atoms with E-state index in [1.807, 2.05) is 20.8 Å². The Kier molecular flexibility index (Phi) is 4.95. The molecular weight excluding hydrogens is 323 g/mol. The molecule has 0 aliphatic rings. The van der Waals surface area contributed by atoms with Gasteiger partial charge in [-0.3, -0.25) is 0 Å². The molecule has 0 aliphatic carbocycles. The van der Waals surface area contributed by atoms with Gasteiger partial charge >= 0.3 is 0 Å². The molecule has 0 saturated heterocycles. The Balaban J connectivity index is 2.21. The summed E-state index contributed by atoms with van der Waals surface area (Å²) < 4.78 is 0. The zero-order valence-electron chi connectivity index (χ0n) is 12.5. The highest BCUT2D eigenvalue weighted by Crippen LogP contribution is 2.28. The summed E-state index contributed by atoms with van der Waals surface area (Å²) in [6.45, 7) is 6.06. The molecule has 0 spiro atoms. The van der Waals surface area contributed by atoms with Gasteiger partial charge in [-0.05, 0) is 39.0 Å². The van der Waals surface area contributed by atoms with E-state index in [9.17, 15) is 0 Å². The van der Waals surface area contributed by atoms with E-state index in [1.54, 1.807) is 18.2 Å². The van der Waals surface area contributed by atoms with Crippen LogP contribution in [0.15, 0.2) is 24.5 Å². The van der Waals surface area contributed by atoms with E-state index in [-0.39, 0.29) is 5.54 Å². The van der Waals surface area contributed by atoms with Crippen LogP contribution in [0, 0.1) is 0 Å². The molecule has 0 bridgehead atoms. The average molecular weight is 341 g/mol. The van der Waals surface area contributed by atoms with Crippen molar-refractivity contribution < 1.29 is 0 Å². The number of nitrogens with zero attached hydrogens (tertiary/aromatic N) is 2. The molecule has 6 nitrogen and oxygen atoms in total. The number of benzene rings is 1. The number of halogens is 2. The smallest absolute Gasteiger partial charge is 0.169 e. The highest BCUT2D eigenvalue weighted by molar-refractivity contribution is 6.35. The molecule has 1 heterocycles. The second-order valence-electron chi connectivity index (χ2n) is 5.77. The lowest BCUT2D eigenvalue weighted by molar-refractivity contribution is 0.464. The summed E-state index contributed by atoms with van der Waals surface area (Å²) in [6.07, 6.45) is 1.41. The summed E-state index contributed by atoms with van der Waals surface area (Å²) in [7, 11) is 0. The van der Waals surface area contributed by atoms with Crippen molar-refractivity contribution in [3.63, 3.8) is 0 Å². The van der Waals surface area contributed by atoms with Gasteiger partial charge in [0.05, 0.1) is 0 Å². The van der Waals surface area contributed by atoms with Gasteiger partial charge in [-0.2, -0.15) is 0 Å². The van der Waals surface area contributed by atoms with Gasteiger partial charge in [0.1, 0.15) is 12.0 Å². The van der Waals surface area contributed by atoms with Crippen molar-refractivity contribution in [2.75, 3.05) is 16.5 Å². The highest BCUT2D eigenvalue weighted by atomic mass is 35.5. The van der Waals surface area contributed by atoms with Crippen molar-refractivity contribution in [2.24, 2.45) is 0 Å². The Morgan fingerprint density at radius 3 is 2.18 bits per heavy atom. The van der Waals surface area contributed by atoms with Crippen molar-refractivity contribution in [3.8, 4) is 0 Å². The van der Waals surface area contributed by atoms with Gasteiger partial charge in [0.15, 0.2) is 11.6 Å². The summed E-state index contributed by atoms with van der Waals surface area (Å²) in [5.74, 6) is 0.951. The fraction of sp³-hybridized carbons (Fsp3) is 0.286. The molecule has 0 amide bonds. The Bertz CT molecular complexity index is 649. The minimum atomic E-state index is -0.133. The van der Waals surface area contributed by atoms with Gasteiger partial charge in [-0.25, -0.2) is 15.4 Å². The Morgan fingerprint density at radius 1 is 1.00 bits per heavy atom. The molecule has 22 heavy (non-hydrogen) atoms. The van der Waals surface area contributed by atoms with Crippen LogP contribution in [0.2, 0.25) is 10.0 Å². The van der Waals surface area contributed by atoms with Crippen LogP contribution < -0.4 is 21.9 Å². The third-order valence-electron chi connectivity index (χ3n) is 2.57. The standard InChI is InChI=1S/C14H18Cl2N6/c1-14(2,3)22-21-13-11(17)12(18-7-19-13)20-10-5-8(15)4-9(16)6-10/h4-7,22H,17H2,1-3H3,(H2,18,19,20,21). The maximum atomic E-state index is 6.08. The summed E-state index contributed by atoms with van der Waals surface area (Å²) in [6, 6.07) is 5.11. The van der Waals surface area contributed by atoms with Crippen molar-refractivity contribution in [2.45, 2.75) is 26.3 Å². The lowest BCUT2D eigenvalue weighted by Crippen LogP contribution is -2.40. The van der Waals surface area contributed by atoms with Crippen molar-refractivity contribution in [1.29, 1.82) is 0 Å². The van der Waals surface area contributed by atoms with Crippen molar-refractivity contribution in [3.05, 3.63) is 34.6 Å². The van der Waals surface area contributed by atoms with Gasteiger partial charge in [0.2, 0.25) is 0 Å². The van der Waals surface area contributed by atoms with Crippen LogP contribution in [0.4, 0.5) is 23.0 Å². The molecule has 0 aliphatic heterocycles. The van der Waals surface area contributed by atoms with Crippen LogP contribution in [0.1, 0.15) is 20.8 Å². The van der Waals surface area contributed by atoms with E-state index >= 15 is 0 Å². The lowest BCUT2D eigenvalue weighted by Gasteiger charge is -2.22. The molecule has 1 aromatic heterocycles. The Morgan fingerprint density at radius 2 is 1.59 bits per heavy atom. The van der Waals surface area contributed by atoms with Crippen molar-refractivity contribution in [1.82, 2.24) is 15.4 Å². The number of hydrazine groups is 1. The summed E-state index contributed by atoms with van der Waals surface area (Å²) in [5, 5.41) is 4.13. The minimum Gasteiger partial charge on any atom is -0.393 e. The molecule has 8 heteroatoms. The molecule has 5 N–H and O–H groups in total. The van der Waals surface area contributed by atoms with Crippen LogP contribution in [-0.4, -0.2) is 15.5 Å². The highest BCUT2D eigenvalue weighted by Gasteiger charge is 2.12. The van der Waals surface area contributed by atoms with Crippen LogP contribution >= 0.6 is 23.2 Å². The van der Waals surface area contributed by atoms with E-state index in [0.717, 1.165) is 0 Å². The third-order valence-corrected chi connectivity index (χ3v) is 3.00. The summed E-state index contributed by atoms with van der Waals surface area (Å²) >= 11 is 12.0. The number of nitrogens with two attached hydrogens (primary N) is 1. The van der Waals surface area contributed by atoms with E-state index in [4.69, 9.17) is 28.9 Å². The number of anilines is 4. The molecular formula is C14H18Cl2N6. The summed E-state index contributed by atoms with van der Waals surface area (Å²) in [5.41, 5.74) is 13.1.